The second kappa shape index (κ2) is 12.6. The Kier molecular flexibility index (Phi) is 9.30. The number of ether oxygens (including phenoxy) is 3. The van der Waals surface area contributed by atoms with Crippen molar-refractivity contribution in [3.8, 4) is 16.3 Å². The smallest absolute Gasteiger partial charge is 0.309 e. The predicted molar refractivity (Wildman–Crippen MR) is 147 cm³/mol. The van der Waals surface area contributed by atoms with Gasteiger partial charge in [-0.3, -0.25) is 4.79 Å². The number of aliphatic hydroxyl groups is 1. The minimum absolute atomic E-state index is 0.00893. The summed E-state index contributed by atoms with van der Waals surface area (Å²) in [5.74, 6) is 0.594. The minimum Gasteiger partial charge on any atom is -0.477 e. The Morgan fingerprint density at radius 2 is 2.11 bits per heavy atom. The molecule has 1 saturated carbocycles. The van der Waals surface area contributed by atoms with E-state index in [2.05, 4.69) is 26.3 Å². The molecule has 4 rings (SSSR count). The van der Waals surface area contributed by atoms with Crippen LogP contribution in [-0.4, -0.2) is 53.0 Å². The van der Waals surface area contributed by atoms with E-state index in [4.69, 9.17) is 14.2 Å². The second-order valence-corrected chi connectivity index (χ2v) is 10.8. The fourth-order valence-corrected chi connectivity index (χ4v) is 5.89. The Balaban J connectivity index is 1.47. The molecular weight excluding hydrogens is 504 g/mol. The van der Waals surface area contributed by atoms with Crippen LogP contribution >= 0.6 is 11.3 Å². The lowest BCUT2D eigenvalue weighted by atomic mass is 9.72. The first kappa shape index (κ1) is 27.9. The monoisotopic (exact) mass is 540 g/mol. The van der Waals surface area contributed by atoms with E-state index in [0.29, 0.717) is 55.9 Å². The third kappa shape index (κ3) is 6.86. The zero-order chi connectivity index (χ0) is 27.1. The molecule has 2 aromatic heterocycles. The molecule has 1 aliphatic carbocycles. The Morgan fingerprint density at radius 3 is 2.87 bits per heavy atom. The number of nitrogens with zero attached hydrogens (tertiary/aromatic N) is 3. The summed E-state index contributed by atoms with van der Waals surface area (Å²) in [7, 11) is 1.66. The molecule has 3 aromatic rings. The van der Waals surface area contributed by atoms with Gasteiger partial charge in [0.05, 0.1) is 24.0 Å². The lowest BCUT2D eigenvalue weighted by molar-refractivity contribution is -0.154. The largest absolute Gasteiger partial charge is 0.477 e. The first-order chi connectivity index (χ1) is 18.3. The first-order valence-corrected chi connectivity index (χ1v) is 13.8. The number of anilines is 2. The lowest BCUT2D eigenvalue weighted by Crippen LogP contribution is -2.39. The molecule has 2 N–H and O–H groups in total. The van der Waals surface area contributed by atoms with E-state index < -0.39 is 5.60 Å². The standard InChI is InChI=1S/C28H36N4O5S/c1-5-36-25(33)22-7-9-28(34,16-19(22)3)26-30-17-23(38-26)20-13-18(2)14-21(15-20)31-27-29-10-8-24(32-27)37-12-6-11-35-4/h8,10,13-15,17,19,22,34H,5-7,9,11-12,16H2,1-4H3,(H,29,31,32). The molecule has 3 unspecified atom stereocenters. The van der Waals surface area contributed by atoms with E-state index in [1.165, 1.54) is 11.3 Å². The molecule has 1 aliphatic rings. The van der Waals surface area contributed by atoms with Gasteiger partial charge in [0.1, 0.15) is 10.6 Å². The number of hydrogen-bond donors (Lipinski definition) is 2. The van der Waals surface area contributed by atoms with Crippen LogP contribution in [0, 0.1) is 18.8 Å². The second-order valence-electron chi connectivity index (χ2n) is 9.77. The highest BCUT2D eigenvalue weighted by Crippen LogP contribution is 2.45. The van der Waals surface area contributed by atoms with Crippen molar-refractivity contribution >= 4 is 28.9 Å². The van der Waals surface area contributed by atoms with Crippen molar-refractivity contribution in [2.75, 3.05) is 32.2 Å². The van der Waals surface area contributed by atoms with Crippen molar-refractivity contribution in [2.24, 2.45) is 11.8 Å². The Morgan fingerprint density at radius 1 is 1.26 bits per heavy atom. The number of rotatable bonds is 11. The van der Waals surface area contributed by atoms with Crippen molar-refractivity contribution in [2.45, 2.75) is 52.1 Å². The van der Waals surface area contributed by atoms with Crippen LogP contribution in [-0.2, 0) is 19.9 Å². The number of nitrogens with one attached hydrogen (secondary N) is 1. The van der Waals surface area contributed by atoms with Gasteiger partial charge >= 0.3 is 5.97 Å². The summed E-state index contributed by atoms with van der Waals surface area (Å²) in [5.41, 5.74) is 1.84. The normalized spacial score (nSPS) is 21.2. The third-order valence-corrected chi connectivity index (χ3v) is 7.94. The lowest BCUT2D eigenvalue weighted by Gasteiger charge is -2.37. The molecule has 1 fully saturated rings. The summed E-state index contributed by atoms with van der Waals surface area (Å²) < 4.78 is 16.0. The van der Waals surface area contributed by atoms with Crippen molar-refractivity contribution < 1.29 is 24.1 Å². The number of carbonyl (C=O) groups is 1. The highest BCUT2D eigenvalue weighted by Gasteiger charge is 2.43. The molecule has 10 heteroatoms. The summed E-state index contributed by atoms with van der Waals surface area (Å²) in [5, 5.41) is 15.4. The zero-order valence-electron chi connectivity index (χ0n) is 22.4. The van der Waals surface area contributed by atoms with Gasteiger partial charge in [-0.15, -0.1) is 11.3 Å². The van der Waals surface area contributed by atoms with E-state index in [1.807, 2.05) is 39.1 Å². The number of methoxy groups -OCH3 is 1. The van der Waals surface area contributed by atoms with Gasteiger partial charge in [-0.25, -0.2) is 9.97 Å². The maximum absolute atomic E-state index is 12.3. The van der Waals surface area contributed by atoms with E-state index in [9.17, 15) is 9.90 Å². The Hall–Kier alpha value is -3.08. The summed E-state index contributed by atoms with van der Waals surface area (Å²) in [6.45, 7) is 7.36. The van der Waals surface area contributed by atoms with E-state index in [-0.39, 0.29) is 17.8 Å². The van der Waals surface area contributed by atoms with E-state index in [1.54, 1.807) is 19.4 Å². The van der Waals surface area contributed by atoms with Crippen LogP contribution in [0.2, 0.25) is 0 Å². The number of esters is 1. The first-order valence-electron chi connectivity index (χ1n) is 13.0. The molecule has 0 bridgehead atoms. The summed E-state index contributed by atoms with van der Waals surface area (Å²) >= 11 is 1.49. The van der Waals surface area contributed by atoms with Gasteiger partial charge in [-0.05, 0) is 62.3 Å². The van der Waals surface area contributed by atoms with Crippen LogP contribution in [0.15, 0.2) is 36.7 Å². The molecule has 3 atom stereocenters. The molecule has 0 spiro atoms. The number of aryl methyl sites for hydroxylation is 1. The molecular formula is C28H36N4O5S. The zero-order valence-corrected chi connectivity index (χ0v) is 23.2. The fourth-order valence-electron chi connectivity index (χ4n) is 4.86. The van der Waals surface area contributed by atoms with Gasteiger partial charge in [0.2, 0.25) is 11.8 Å². The van der Waals surface area contributed by atoms with Crippen LogP contribution in [0.4, 0.5) is 11.6 Å². The number of hydrogen-bond acceptors (Lipinski definition) is 10. The van der Waals surface area contributed by atoms with Gasteiger partial charge in [-0.1, -0.05) is 13.0 Å². The summed E-state index contributed by atoms with van der Waals surface area (Å²) in [6.07, 6.45) is 5.79. The quantitative estimate of drug-likeness (QED) is 0.248. The van der Waals surface area contributed by atoms with E-state index >= 15 is 0 Å². The Labute approximate surface area is 227 Å². The number of benzene rings is 1. The fraction of sp³-hybridized carbons (Fsp3) is 0.500. The van der Waals surface area contributed by atoms with Crippen molar-refractivity contribution in [1.82, 2.24) is 15.0 Å². The van der Waals surface area contributed by atoms with Gasteiger partial charge in [0.25, 0.3) is 0 Å². The van der Waals surface area contributed by atoms with Crippen LogP contribution < -0.4 is 10.1 Å². The average molecular weight is 541 g/mol. The van der Waals surface area contributed by atoms with E-state index in [0.717, 1.165) is 28.1 Å². The van der Waals surface area contributed by atoms with Gasteiger partial charge in [-0.2, -0.15) is 4.98 Å². The molecule has 0 saturated heterocycles. The van der Waals surface area contributed by atoms with Crippen molar-refractivity contribution in [3.63, 3.8) is 0 Å². The van der Waals surface area contributed by atoms with Crippen LogP contribution in [0.5, 0.6) is 5.88 Å². The average Bonchev–Trinajstić information content (AvgIpc) is 3.38. The molecule has 2 heterocycles. The minimum atomic E-state index is -1.05. The molecule has 9 nitrogen and oxygen atoms in total. The number of thiazole rings is 1. The highest BCUT2D eigenvalue weighted by atomic mass is 32.1. The van der Waals surface area contributed by atoms with Gasteiger partial charge < -0.3 is 24.6 Å². The maximum atomic E-state index is 12.3. The highest BCUT2D eigenvalue weighted by molar-refractivity contribution is 7.15. The van der Waals surface area contributed by atoms with Gasteiger partial charge in [0, 0.05) is 44.3 Å². The molecule has 0 amide bonds. The molecule has 1 aromatic carbocycles. The predicted octanol–water partition coefficient (Wildman–Crippen LogP) is 5.25. The molecule has 0 aliphatic heterocycles. The van der Waals surface area contributed by atoms with Crippen LogP contribution in [0.1, 0.15) is 50.1 Å². The van der Waals surface area contributed by atoms with Crippen molar-refractivity contribution in [3.05, 3.63) is 47.2 Å². The van der Waals surface area contributed by atoms with Gasteiger partial charge in [0.15, 0.2) is 0 Å². The van der Waals surface area contributed by atoms with Crippen LogP contribution in [0.25, 0.3) is 10.4 Å². The number of aromatic nitrogens is 3. The van der Waals surface area contributed by atoms with Crippen molar-refractivity contribution in [1.29, 1.82) is 0 Å². The maximum Gasteiger partial charge on any atom is 0.309 e. The third-order valence-electron chi connectivity index (χ3n) is 6.70. The SMILES string of the molecule is CCOC(=O)C1CCC(O)(c2ncc(-c3cc(C)cc(Nc4nccc(OCCCOC)n4)c3)s2)CC1C. The molecule has 204 valence electrons. The molecule has 0 radical (unpaired) electrons. The molecule has 38 heavy (non-hydrogen) atoms. The number of carbonyl (C=O) groups excluding carboxylic acids is 1. The summed E-state index contributed by atoms with van der Waals surface area (Å²) in [4.78, 5) is 26.6. The topological polar surface area (TPSA) is 116 Å². The Bertz CT molecular complexity index is 1240. The van der Waals surface area contributed by atoms with Crippen LogP contribution in [0.3, 0.4) is 0 Å². The summed E-state index contributed by atoms with van der Waals surface area (Å²) in [6, 6.07) is 7.85.